The maximum absolute atomic E-state index is 13.3. The number of hydrogen-bond donors (Lipinski definition) is 1. The lowest BCUT2D eigenvalue weighted by Gasteiger charge is -2.17. The van der Waals surface area contributed by atoms with Crippen LogP contribution in [0, 0.1) is 5.82 Å². The first-order valence-corrected chi connectivity index (χ1v) is 7.63. The minimum atomic E-state index is -0.247. The lowest BCUT2D eigenvalue weighted by atomic mass is 10.1. The third-order valence-electron chi connectivity index (χ3n) is 2.80. The summed E-state index contributed by atoms with van der Waals surface area (Å²) < 4.78 is 19.0. The van der Waals surface area contributed by atoms with Gasteiger partial charge in [-0.05, 0) is 46.2 Å². The summed E-state index contributed by atoms with van der Waals surface area (Å²) in [6, 6.07) is 7.16. The molecule has 0 bridgehead atoms. The van der Waals surface area contributed by atoms with Crippen LogP contribution in [0.3, 0.4) is 0 Å². The first kappa shape index (κ1) is 14.5. The van der Waals surface area contributed by atoms with Gasteiger partial charge in [0.1, 0.15) is 11.6 Å². The number of ether oxygens (including phenoxy) is 1. The fraction of sp³-hybridized carbons (Fsp3) is 0.286. The second-order valence-electron chi connectivity index (χ2n) is 4.05. The Balaban J connectivity index is 2.35. The van der Waals surface area contributed by atoms with Gasteiger partial charge in [0.05, 0.1) is 17.6 Å². The molecule has 19 heavy (non-hydrogen) atoms. The van der Waals surface area contributed by atoms with E-state index in [0.29, 0.717) is 4.47 Å². The van der Waals surface area contributed by atoms with E-state index in [2.05, 4.69) is 28.2 Å². The van der Waals surface area contributed by atoms with Gasteiger partial charge in [-0.15, -0.1) is 11.3 Å². The van der Waals surface area contributed by atoms with Crippen LogP contribution in [0.25, 0.3) is 0 Å². The van der Waals surface area contributed by atoms with Crippen LogP contribution in [0.1, 0.15) is 23.4 Å². The monoisotopic (exact) mass is 343 g/mol. The molecule has 5 heteroatoms. The average Bonchev–Trinajstić information content (AvgIpc) is 2.88. The van der Waals surface area contributed by atoms with Crippen molar-refractivity contribution in [3.8, 4) is 5.75 Å². The van der Waals surface area contributed by atoms with Crippen LogP contribution >= 0.6 is 27.3 Å². The molecule has 2 nitrogen and oxygen atoms in total. The highest BCUT2D eigenvalue weighted by Crippen LogP contribution is 2.32. The third-order valence-corrected chi connectivity index (χ3v) is 4.38. The molecular formula is C14H15BrFNOS. The molecule has 1 heterocycles. The molecule has 0 amide bonds. The summed E-state index contributed by atoms with van der Waals surface area (Å²) in [5.41, 5.74) is 1.03. The van der Waals surface area contributed by atoms with Crippen molar-refractivity contribution in [3.05, 3.63) is 50.4 Å². The van der Waals surface area contributed by atoms with E-state index in [-0.39, 0.29) is 11.9 Å². The van der Waals surface area contributed by atoms with Crippen molar-refractivity contribution in [1.29, 1.82) is 0 Å². The van der Waals surface area contributed by atoms with E-state index in [1.807, 2.05) is 17.5 Å². The Bertz CT molecular complexity index is 558. The highest BCUT2D eigenvalue weighted by Gasteiger charge is 2.16. The molecule has 0 spiro atoms. The van der Waals surface area contributed by atoms with Crippen molar-refractivity contribution in [1.82, 2.24) is 5.32 Å². The van der Waals surface area contributed by atoms with Gasteiger partial charge < -0.3 is 10.1 Å². The lowest BCUT2D eigenvalue weighted by molar-refractivity contribution is 0.416. The Hall–Kier alpha value is -0.910. The Morgan fingerprint density at radius 2 is 2.21 bits per heavy atom. The van der Waals surface area contributed by atoms with E-state index < -0.39 is 0 Å². The Kier molecular flexibility index (Phi) is 4.96. The van der Waals surface area contributed by atoms with Crippen LogP contribution in [-0.4, -0.2) is 13.7 Å². The van der Waals surface area contributed by atoms with Crippen molar-refractivity contribution < 1.29 is 9.13 Å². The van der Waals surface area contributed by atoms with Gasteiger partial charge in [-0.2, -0.15) is 0 Å². The summed E-state index contributed by atoms with van der Waals surface area (Å²) in [5.74, 6) is 0.604. The van der Waals surface area contributed by atoms with Crippen LogP contribution in [-0.2, 0) is 0 Å². The van der Waals surface area contributed by atoms with Crippen molar-refractivity contribution >= 4 is 27.3 Å². The van der Waals surface area contributed by atoms with Gasteiger partial charge in [0.15, 0.2) is 0 Å². The van der Waals surface area contributed by atoms with E-state index in [4.69, 9.17) is 4.74 Å². The topological polar surface area (TPSA) is 21.3 Å². The molecule has 102 valence electrons. The highest BCUT2D eigenvalue weighted by atomic mass is 79.9. The minimum Gasteiger partial charge on any atom is -0.496 e. The predicted molar refractivity (Wildman–Crippen MR) is 80.5 cm³/mol. The van der Waals surface area contributed by atoms with Crippen molar-refractivity contribution in [2.75, 3.05) is 13.7 Å². The molecule has 0 aliphatic carbocycles. The van der Waals surface area contributed by atoms with E-state index in [0.717, 1.165) is 22.7 Å². The van der Waals surface area contributed by atoms with Gasteiger partial charge in [-0.1, -0.05) is 13.0 Å². The zero-order chi connectivity index (χ0) is 13.8. The summed E-state index contributed by atoms with van der Waals surface area (Å²) in [6.45, 7) is 2.89. The first-order valence-electron chi connectivity index (χ1n) is 5.96. The summed E-state index contributed by atoms with van der Waals surface area (Å²) in [7, 11) is 1.66. The molecule has 0 aliphatic rings. The van der Waals surface area contributed by atoms with E-state index >= 15 is 0 Å². The van der Waals surface area contributed by atoms with Crippen LogP contribution in [0.15, 0.2) is 34.1 Å². The third kappa shape index (κ3) is 3.35. The number of benzene rings is 1. The van der Waals surface area contributed by atoms with Crippen LogP contribution in [0.2, 0.25) is 0 Å². The molecule has 1 unspecified atom stereocenters. The van der Waals surface area contributed by atoms with Crippen LogP contribution < -0.4 is 10.1 Å². The normalized spacial score (nSPS) is 12.4. The standard InChI is InChI=1S/C14H15BrFNOS/c1-3-17-14(13-7-10(18-2)8-19-13)9-4-5-12(16)11(15)6-9/h4-8,14,17H,3H2,1-2H3. The molecule has 0 radical (unpaired) electrons. The average molecular weight is 344 g/mol. The largest absolute Gasteiger partial charge is 0.496 e. The molecule has 1 atom stereocenters. The number of hydrogen-bond acceptors (Lipinski definition) is 3. The smallest absolute Gasteiger partial charge is 0.137 e. The fourth-order valence-corrected chi connectivity index (χ4v) is 3.22. The zero-order valence-corrected chi connectivity index (χ0v) is 13.1. The van der Waals surface area contributed by atoms with Gasteiger partial charge in [0, 0.05) is 10.3 Å². The number of methoxy groups -OCH3 is 1. The number of rotatable bonds is 5. The van der Waals surface area contributed by atoms with Crippen molar-refractivity contribution in [2.24, 2.45) is 0 Å². The highest BCUT2D eigenvalue weighted by molar-refractivity contribution is 9.10. The molecule has 0 fully saturated rings. The number of nitrogens with one attached hydrogen (secondary N) is 1. The Morgan fingerprint density at radius 1 is 1.42 bits per heavy atom. The van der Waals surface area contributed by atoms with Gasteiger partial charge in [0.25, 0.3) is 0 Å². The van der Waals surface area contributed by atoms with E-state index in [9.17, 15) is 4.39 Å². The maximum Gasteiger partial charge on any atom is 0.137 e. The number of thiophene rings is 1. The lowest BCUT2D eigenvalue weighted by Crippen LogP contribution is -2.21. The Morgan fingerprint density at radius 3 is 2.79 bits per heavy atom. The van der Waals surface area contributed by atoms with Gasteiger partial charge in [-0.25, -0.2) is 4.39 Å². The van der Waals surface area contributed by atoms with Crippen LogP contribution in [0.5, 0.6) is 5.75 Å². The fourth-order valence-electron chi connectivity index (χ4n) is 1.87. The van der Waals surface area contributed by atoms with E-state index in [1.165, 1.54) is 6.07 Å². The summed E-state index contributed by atoms with van der Waals surface area (Å²) >= 11 is 4.86. The molecular weight excluding hydrogens is 329 g/mol. The Labute approximate surface area is 124 Å². The molecule has 1 aromatic heterocycles. The summed E-state index contributed by atoms with van der Waals surface area (Å²) in [4.78, 5) is 1.15. The molecule has 0 saturated carbocycles. The molecule has 1 aromatic carbocycles. The predicted octanol–water partition coefficient (Wildman–Crippen LogP) is 4.36. The van der Waals surface area contributed by atoms with Gasteiger partial charge >= 0.3 is 0 Å². The summed E-state index contributed by atoms with van der Waals surface area (Å²) in [5, 5.41) is 5.38. The van der Waals surface area contributed by atoms with Crippen molar-refractivity contribution in [3.63, 3.8) is 0 Å². The molecule has 0 saturated heterocycles. The quantitative estimate of drug-likeness (QED) is 0.870. The SMILES string of the molecule is CCNC(c1ccc(F)c(Br)c1)c1cc(OC)cs1. The maximum atomic E-state index is 13.3. The van der Waals surface area contributed by atoms with Crippen molar-refractivity contribution in [2.45, 2.75) is 13.0 Å². The minimum absolute atomic E-state index is 0.0517. The first-order chi connectivity index (χ1) is 9.15. The van der Waals surface area contributed by atoms with Gasteiger partial charge in [0.2, 0.25) is 0 Å². The van der Waals surface area contributed by atoms with E-state index in [1.54, 1.807) is 24.5 Å². The molecule has 0 aliphatic heterocycles. The second kappa shape index (κ2) is 6.50. The van der Waals surface area contributed by atoms with Gasteiger partial charge in [-0.3, -0.25) is 0 Å². The second-order valence-corrected chi connectivity index (χ2v) is 5.85. The molecule has 2 rings (SSSR count). The summed E-state index contributed by atoms with van der Waals surface area (Å²) in [6.07, 6.45) is 0. The van der Waals surface area contributed by atoms with Crippen LogP contribution in [0.4, 0.5) is 4.39 Å². The molecule has 1 N–H and O–H groups in total. The number of halogens is 2. The zero-order valence-electron chi connectivity index (χ0n) is 10.7. The molecule has 2 aromatic rings.